The molecule has 0 spiro atoms. The van der Waals surface area contributed by atoms with Crippen molar-refractivity contribution in [1.29, 1.82) is 0 Å². The molecule has 0 bridgehead atoms. The lowest BCUT2D eigenvalue weighted by molar-refractivity contribution is -0.136. The molecule has 1 heterocycles. The number of hydrogen-bond donors (Lipinski definition) is 1. The van der Waals surface area contributed by atoms with Gasteiger partial charge in [0.2, 0.25) is 5.91 Å². The molecule has 1 aromatic rings. The van der Waals surface area contributed by atoms with Gasteiger partial charge in [0.05, 0.1) is 17.9 Å². The number of thiazole rings is 1. The molecule has 0 aliphatic carbocycles. The monoisotopic (exact) mass is 316 g/mol. The quantitative estimate of drug-likeness (QED) is 0.783. The Labute approximate surface area is 127 Å². The molecule has 0 aliphatic rings. The fourth-order valence-electron chi connectivity index (χ4n) is 1.96. The Bertz CT molecular complexity index is 464. The van der Waals surface area contributed by atoms with E-state index >= 15 is 0 Å². The smallest absolute Gasteiger partial charge is 0.309 e. The van der Waals surface area contributed by atoms with Gasteiger partial charge in [-0.15, -0.1) is 11.3 Å². The zero-order valence-corrected chi connectivity index (χ0v) is 13.8. The van der Waals surface area contributed by atoms with E-state index in [0.29, 0.717) is 11.4 Å². The van der Waals surface area contributed by atoms with Crippen molar-refractivity contribution in [3.05, 3.63) is 11.1 Å². The highest BCUT2D eigenvalue weighted by molar-refractivity contribution is 8.01. The van der Waals surface area contributed by atoms with Crippen LogP contribution in [0.25, 0.3) is 0 Å². The molecule has 0 unspecified atom stereocenters. The molecule has 0 saturated heterocycles. The van der Waals surface area contributed by atoms with Gasteiger partial charge in [-0.1, -0.05) is 11.8 Å². The second-order valence-corrected chi connectivity index (χ2v) is 7.03. The van der Waals surface area contributed by atoms with Gasteiger partial charge in [0.15, 0.2) is 4.34 Å². The molecular formula is C13H20N2O3S2. The topological polar surface area (TPSA) is 70.5 Å². The molecule has 1 aromatic heterocycles. The lowest BCUT2D eigenvalue weighted by atomic mass is 10.2. The molecule has 7 heteroatoms. The van der Waals surface area contributed by atoms with E-state index in [4.69, 9.17) is 5.11 Å². The third kappa shape index (κ3) is 5.13. The van der Waals surface area contributed by atoms with Gasteiger partial charge in [-0.25, -0.2) is 4.98 Å². The Kier molecular flexibility index (Phi) is 6.48. The summed E-state index contributed by atoms with van der Waals surface area (Å²) in [4.78, 5) is 28.8. The van der Waals surface area contributed by atoms with E-state index in [1.807, 2.05) is 32.6 Å². The van der Waals surface area contributed by atoms with Gasteiger partial charge in [-0.3, -0.25) is 9.59 Å². The summed E-state index contributed by atoms with van der Waals surface area (Å²) in [6.45, 7) is 7.99. The van der Waals surface area contributed by atoms with E-state index in [2.05, 4.69) is 4.98 Å². The SMILES string of the molecule is CC(C)N(C(=O)CSc1nc(CC(=O)O)cs1)C(C)C. The number of carboxylic acid groups (broad SMARTS) is 1. The van der Waals surface area contributed by atoms with Crippen LogP contribution in [-0.4, -0.2) is 44.7 Å². The molecule has 5 nitrogen and oxygen atoms in total. The van der Waals surface area contributed by atoms with Gasteiger partial charge in [0.25, 0.3) is 0 Å². The molecule has 0 aliphatic heterocycles. The van der Waals surface area contributed by atoms with Crippen molar-refractivity contribution in [2.45, 2.75) is 50.5 Å². The van der Waals surface area contributed by atoms with Crippen LogP contribution in [0.1, 0.15) is 33.4 Å². The highest BCUT2D eigenvalue weighted by atomic mass is 32.2. The summed E-state index contributed by atoms with van der Waals surface area (Å²) in [7, 11) is 0. The minimum absolute atomic E-state index is 0.0743. The van der Waals surface area contributed by atoms with Crippen molar-refractivity contribution < 1.29 is 14.7 Å². The summed E-state index contributed by atoms with van der Waals surface area (Å²) >= 11 is 2.74. The third-order valence-corrected chi connectivity index (χ3v) is 4.64. The summed E-state index contributed by atoms with van der Waals surface area (Å²) in [5.74, 6) is -0.486. The number of carbonyl (C=O) groups excluding carboxylic acids is 1. The Morgan fingerprint density at radius 3 is 2.45 bits per heavy atom. The highest BCUT2D eigenvalue weighted by Crippen LogP contribution is 2.23. The second-order valence-electron chi connectivity index (χ2n) is 4.95. The fourth-order valence-corrected chi connectivity index (χ4v) is 3.68. The first-order chi connectivity index (χ1) is 9.31. The molecule has 0 saturated carbocycles. The Balaban J connectivity index is 2.56. The average Bonchev–Trinajstić information content (AvgIpc) is 2.72. The van der Waals surface area contributed by atoms with Crippen molar-refractivity contribution >= 4 is 35.0 Å². The van der Waals surface area contributed by atoms with E-state index in [9.17, 15) is 9.59 Å². The van der Waals surface area contributed by atoms with Gasteiger partial charge in [0.1, 0.15) is 0 Å². The Morgan fingerprint density at radius 1 is 1.35 bits per heavy atom. The van der Waals surface area contributed by atoms with E-state index in [1.54, 1.807) is 5.38 Å². The van der Waals surface area contributed by atoms with E-state index in [0.717, 1.165) is 4.34 Å². The summed E-state index contributed by atoms with van der Waals surface area (Å²) in [6.07, 6.45) is -0.0743. The number of aromatic nitrogens is 1. The average molecular weight is 316 g/mol. The number of carbonyl (C=O) groups is 2. The second kappa shape index (κ2) is 7.64. The van der Waals surface area contributed by atoms with Crippen LogP contribution in [0.5, 0.6) is 0 Å². The zero-order valence-electron chi connectivity index (χ0n) is 12.1. The standard InChI is InChI=1S/C13H20N2O3S2/c1-8(2)15(9(3)4)11(16)7-20-13-14-10(6-19-13)5-12(17)18/h6,8-9H,5,7H2,1-4H3,(H,17,18). The van der Waals surface area contributed by atoms with Gasteiger partial charge < -0.3 is 10.0 Å². The summed E-state index contributed by atoms with van der Waals surface area (Å²) in [5, 5.41) is 10.4. The van der Waals surface area contributed by atoms with Gasteiger partial charge in [0, 0.05) is 17.5 Å². The molecule has 0 atom stereocenters. The Morgan fingerprint density at radius 2 is 1.95 bits per heavy atom. The van der Waals surface area contributed by atoms with E-state index in [-0.39, 0.29) is 24.4 Å². The van der Waals surface area contributed by atoms with Crippen LogP contribution in [0.3, 0.4) is 0 Å². The molecule has 20 heavy (non-hydrogen) atoms. The molecule has 0 fully saturated rings. The van der Waals surface area contributed by atoms with Gasteiger partial charge in [-0.2, -0.15) is 0 Å². The number of thioether (sulfide) groups is 1. The Hall–Kier alpha value is -1.08. The normalized spacial score (nSPS) is 11.1. The molecular weight excluding hydrogens is 296 g/mol. The highest BCUT2D eigenvalue weighted by Gasteiger charge is 2.20. The first kappa shape index (κ1) is 17.0. The van der Waals surface area contributed by atoms with Crippen molar-refractivity contribution in [1.82, 2.24) is 9.88 Å². The largest absolute Gasteiger partial charge is 0.481 e. The molecule has 112 valence electrons. The van der Waals surface area contributed by atoms with Crippen molar-refractivity contribution in [2.75, 3.05) is 5.75 Å². The molecule has 1 N–H and O–H groups in total. The van der Waals surface area contributed by atoms with Crippen LogP contribution in [0.15, 0.2) is 9.72 Å². The molecule has 0 aromatic carbocycles. The number of carboxylic acids is 1. The van der Waals surface area contributed by atoms with Crippen molar-refractivity contribution in [2.24, 2.45) is 0 Å². The minimum Gasteiger partial charge on any atom is -0.481 e. The zero-order chi connectivity index (χ0) is 15.3. The first-order valence-electron chi connectivity index (χ1n) is 6.41. The molecule has 0 radical (unpaired) electrons. The maximum absolute atomic E-state index is 12.2. The predicted molar refractivity (Wildman–Crippen MR) is 81.3 cm³/mol. The number of rotatable bonds is 7. The lowest BCUT2D eigenvalue weighted by Crippen LogP contribution is -2.43. The van der Waals surface area contributed by atoms with Crippen molar-refractivity contribution in [3.8, 4) is 0 Å². The number of hydrogen-bond acceptors (Lipinski definition) is 5. The number of nitrogens with zero attached hydrogens (tertiary/aromatic N) is 2. The summed E-state index contributed by atoms with van der Waals surface area (Å²) in [6, 6.07) is 0.337. The third-order valence-electron chi connectivity index (χ3n) is 2.58. The fraction of sp³-hybridized carbons (Fsp3) is 0.615. The maximum atomic E-state index is 12.2. The van der Waals surface area contributed by atoms with Crippen LogP contribution < -0.4 is 0 Å². The van der Waals surface area contributed by atoms with Crippen LogP contribution in [0.4, 0.5) is 0 Å². The number of amides is 1. The van der Waals surface area contributed by atoms with E-state index in [1.165, 1.54) is 23.1 Å². The van der Waals surface area contributed by atoms with Crippen molar-refractivity contribution in [3.63, 3.8) is 0 Å². The minimum atomic E-state index is -0.895. The summed E-state index contributed by atoms with van der Waals surface area (Å²) < 4.78 is 0.738. The van der Waals surface area contributed by atoms with Crippen LogP contribution in [0, 0.1) is 0 Å². The van der Waals surface area contributed by atoms with E-state index < -0.39 is 5.97 Å². The van der Waals surface area contributed by atoms with Gasteiger partial charge >= 0.3 is 5.97 Å². The molecule has 1 rings (SSSR count). The first-order valence-corrected chi connectivity index (χ1v) is 8.28. The maximum Gasteiger partial charge on any atom is 0.309 e. The number of aliphatic carboxylic acids is 1. The van der Waals surface area contributed by atoms with Crippen LogP contribution in [0.2, 0.25) is 0 Å². The van der Waals surface area contributed by atoms with Gasteiger partial charge in [-0.05, 0) is 27.7 Å². The van der Waals surface area contributed by atoms with Crippen LogP contribution in [-0.2, 0) is 16.0 Å². The predicted octanol–water partition coefficient (Wildman–Crippen LogP) is 2.51. The lowest BCUT2D eigenvalue weighted by Gasteiger charge is -2.30. The summed E-state index contributed by atoms with van der Waals surface area (Å²) in [5.41, 5.74) is 0.544. The molecule has 1 amide bonds. The van der Waals surface area contributed by atoms with Crippen LogP contribution >= 0.6 is 23.1 Å².